The molecule has 0 spiro atoms. The lowest BCUT2D eigenvalue weighted by Gasteiger charge is -2.31. The van der Waals surface area contributed by atoms with Gasteiger partial charge in [-0.25, -0.2) is 4.98 Å². The van der Waals surface area contributed by atoms with E-state index in [1.807, 2.05) is 7.05 Å². The summed E-state index contributed by atoms with van der Waals surface area (Å²) >= 11 is 1.79. The Labute approximate surface area is 120 Å². The van der Waals surface area contributed by atoms with E-state index in [1.165, 1.54) is 11.3 Å². The van der Waals surface area contributed by atoms with Crippen molar-refractivity contribution in [1.29, 1.82) is 0 Å². The minimum absolute atomic E-state index is 0.154. The van der Waals surface area contributed by atoms with Crippen molar-refractivity contribution < 1.29 is 4.74 Å². The minimum Gasteiger partial charge on any atom is -0.368 e. The van der Waals surface area contributed by atoms with Crippen molar-refractivity contribution in [3.63, 3.8) is 0 Å². The zero-order valence-electron chi connectivity index (χ0n) is 12.4. The molecule has 0 radical (unpaired) electrons. The first-order chi connectivity index (χ1) is 9.15. The van der Waals surface area contributed by atoms with Crippen LogP contribution in [0.15, 0.2) is 0 Å². The van der Waals surface area contributed by atoms with Crippen LogP contribution in [0, 0.1) is 6.92 Å². The number of aromatic nitrogens is 1. The van der Waals surface area contributed by atoms with Gasteiger partial charge in [-0.1, -0.05) is 6.92 Å². The summed E-state index contributed by atoms with van der Waals surface area (Å²) in [5.74, 6) is 0. The SMILES string of the molecule is CCCN1CCOC(c2nc(C)c(C(C)NC)s2)C1. The first kappa shape index (κ1) is 14.9. The highest BCUT2D eigenvalue weighted by atomic mass is 32.1. The van der Waals surface area contributed by atoms with E-state index in [1.54, 1.807) is 11.3 Å². The molecule has 19 heavy (non-hydrogen) atoms. The largest absolute Gasteiger partial charge is 0.368 e. The maximum Gasteiger partial charge on any atom is 0.123 e. The summed E-state index contributed by atoms with van der Waals surface area (Å²) in [4.78, 5) is 8.53. The molecule has 2 atom stereocenters. The van der Waals surface area contributed by atoms with Crippen LogP contribution in [0.25, 0.3) is 0 Å². The molecule has 1 saturated heterocycles. The molecule has 1 aromatic rings. The summed E-state index contributed by atoms with van der Waals surface area (Å²) in [7, 11) is 1.99. The van der Waals surface area contributed by atoms with Crippen LogP contribution in [0.2, 0.25) is 0 Å². The highest BCUT2D eigenvalue weighted by Crippen LogP contribution is 2.31. The van der Waals surface area contributed by atoms with E-state index in [4.69, 9.17) is 9.72 Å². The molecule has 0 amide bonds. The molecule has 0 aliphatic carbocycles. The Bertz CT molecular complexity index is 405. The molecule has 1 fully saturated rings. The number of morpholine rings is 1. The maximum atomic E-state index is 5.91. The van der Waals surface area contributed by atoms with Crippen molar-refractivity contribution in [3.8, 4) is 0 Å². The molecule has 1 aromatic heterocycles. The molecule has 2 heterocycles. The zero-order chi connectivity index (χ0) is 13.8. The average Bonchev–Trinajstić information content (AvgIpc) is 2.81. The van der Waals surface area contributed by atoms with Crippen LogP contribution in [0.4, 0.5) is 0 Å². The van der Waals surface area contributed by atoms with Crippen LogP contribution in [0.3, 0.4) is 0 Å². The van der Waals surface area contributed by atoms with Gasteiger partial charge in [0, 0.05) is 24.0 Å². The topological polar surface area (TPSA) is 37.4 Å². The number of hydrogen-bond acceptors (Lipinski definition) is 5. The Morgan fingerprint density at radius 1 is 1.58 bits per heavy atom. The fourth-order valence-electron chi connectivity index (χ4n) is 2.47. The molecule has 0 saturated carbocycles. The molecule has 1 aliphatic heterocycles. The Balaban J connectivity index is 2.09. The second-order valence-electron chi connectivity index (χ2n) is 5.17. The summed E-state index contributed by atoms with van der Waals surface area (Å²) in [6.07, 6.45) is 1.35. The number of nitrogens with one attached hydrogen (secondary N) is 1. The Morgan fingerprint density at radius 2 is 2.37 bits per heavy atom. The van der Waals surface area contributed by atoms with Crippen molar-refractivity contribution in [2.75, 3.05) is 33.3 Å². The highest BCUT2D eigenvalue weighted by Gasteiger charge is 2.25. The van der Waals surface area contributed by atoms with Gasteiger partial charge in [0.25, 0.3) is 0 Å². The average molecular weight is 283 g/mol. The van der Waals surface area contributed by atoms with Crippen LogP contribution >= 0.6 is 11.3 Å². The normalized spacial score (nSPS) is 22.6. The highest BCUT2D eigenvalue weighted by molar-refractivity contribution is 7.11. The molecular weight excluding hydrogens is 258 g/mol. The van der Waals surface area contributed by atoms with Crippen molar-refractivity contribution in [1.82, 2.24) is 15.2 Å². The van der Waals surface area contributed by atoms with Gasteiger partial charge in [0.2, 0.25) is 0 Å². The van der Waals surface area contributed by atoms with Crippen molar-refractivity contribution in [2.24, 2.45) is 0 Å². The van der Waals surface area contributed by atoms with E-state index in [0.29, 0.717) is 6.04 Å². The summed E-state index contributed by atoms with van der Waals surface area (Å²) in [5.41, 5.74) is 1.14. The lowest BCUT2D eigenvalue weighted by Crippen LogP contribution is -2.38. The van der Waals surface area contributed by atoms with Crippen LogP contribution in [-0.4, -0.2) is 43.2 Å². The fourth-order valence-corrected chi connectivity index (χ4v) is 3.64. The lowest BCUT2D eigenvalue weighted by atomic mass is 10.2. The third-order valence-corrected chi connectivity index (χ3v) is 5.07. The van der Waals surface area contributed by atoms with Crippen molar-refractivity contribution in [2.45, 2.75) is 39.3 Å². The van der Waals surface area contributed by atoms with Gasteiger partial charge in [0.1, 0.15) is 11.1 Å². The Kier molecular flexibility index (Phi) is 5.33. The third kappa shape index (κ3) is 3.54. The zero-order valence-corrected chi connectivity index (χ0v) is 13.2. The first-order valence-corrected chi connectivity index (χ1v) is 7.95. The Hall–Kier alpha value is -0.490. The van der Waals surface area contributed by atoms with Gasteiger partial charge < -0.3 is 10.1 Å². The molecule has 0 bridgehead atoms. The second-order valence-corrected chi connectivity index (χ2v) is 6.23. The molecule has 1 N–H and O–H groups in total. The van der Waals surface area contributed by atoms with Crippen LogP contribution in [-0.2, 0) is 4.74 Å². The van der Waals surface area contributed by atoms with E-state index >= 15 is 0 Å². The molecule has 4 nitrogen and oxygen atoms in total. The smallest absolute Gasteiger partial charge is 0.123 e. The minimum atomic E-state index is 0.154. The van der Waals surface area contributed by atoms with Crippen LogP contribution in [0.1, 0.15) is 48.0 Å². The van der Waals surface area contributed by atoms with E-state index in [9.17, 15) is 0 Å². The first-order valence-electron chi connectivity index (χ1n) is 7.14. The monoisotopic (exact) mass is 283 g/mol. The van der Waals surface area contributed by atoms with Crippen molar-refractivity contribution >= 4 is 11.3 Å². The summed E-state index contributed by atoms with van der Waals surface area (Å²) in [6, 6.07) is 0.363. The third-order valence-electron chi connectivity index (χ3n) is 3.64. The number of nitrogens with zero attached hydrogens (tertiary/aromatic N) is 2. The molecule has 2 rings (SSSR count). The van der Waals surface area contributed by atoms with Gasteiger partial charge in [-0.15, -0.1) is 11.3 Å². The second kappa shape index (κ2) is 6.79. The van der Waals surface area contributed by atoms with Crippen LogP contribution in [0.5, 0.6) is 0 Å². The summed E-state index contributed by atoms with van der Waals surface area (Å²) in [6.45, 7) is 10.5. The Morgan fingerprint density at radius 3 is 3.05 bits per heavy atom. The maximum absolute atomic E-state index is 5.91. The van der Waals surface area contributed by atoms with Gasteiger partial charge in [-0.3, -0.25) is 4.90 Å². The number of thiazole rings is 1. The van der Waals surface area contributed by atoms with Crippen LogP contribution < -0.4 is 5.32 Å². The van der Waals surface area contributed by atoms with Gasteiger partial charge in [0.15, 0.2) is 0 Å². The molecular formula is C14H25N3OS. The number of hydrogen-bond donors (Lipinski definition) is 1. The number of rotatable bonds is 5. The van der Waals surface area contributed by atoms with E-state index in [0.717, 1.165) is 36.9 Å². The van der Waals surface area contributed by atoms with Gasteiger partial charge in [0.05, 0.1) is 12.3 Å². The molecule has 2 unspecified atom stereocenters. The standard InChI is InChI=1S/C14H25N3OS/c1-5-6-17-7-8-18-12(9-17)14-16-11(3)13(19-14)10(2)15-4/h10,12,15H,5-9H2,1-4H3. The molecule has 0 aromatic carbocycles. The fraction of sp³-hybridized carbons (Fsp3) is 0.786. The van der Waals surface area contributed by atoms with Crippen molar-refractivity contribution in [3.05, 3.63) is 15.6 Å². The molecule has 1 aliphatic rings. The number of aryl methyl sites for hydroxylation is 1. The lowest BCUT2D eigenvalue weighted by molar-refractivity contribution is -0.0299. The van der Waals surface area contributed by atoms with E-state index < -0.39 is 0 Å². The van der Waals surface area contributed by atoms with Gasteiger partial charge >= 0.3 is 0 Å². The predicted octanol–water partition coefficient (Wildman–Crippen LogP) is 2.52. The summed E-state index contributed by atoms with van der Waals surface area (Å²) in [5, 5.41) is 4.42. The van der Waals surface area contributed by atoms with Gasteiger partial charge in [-0.2, -0.15) is 0 Å². The number of ether oxygens (including phenoxy) is 1. The predicted molar refractivity (Wildman–Crippen MR) is 79.7 cm³/mol. The van der Waals surface area contributed by atoms with E-state index in [2.05, 4.69) is 31.0 Å². The summed E-state index contributed by atoms with van der Waals surface area (Å²) < 4.78 is 5.91. The van der Waals surface area contributed by atoms with E-state index in [-0.39, 0.29) is 6.10 Å². The quantitative estimate of drug-likeness (QED) is 0.901. The van der Waals surface area contributed by atoms with Gasteiger partial charge in [-0.05, 0) is 33.9 Å². The molecule has 108 valence electrons. The molecule has 5 heteroatoms.